The van der Waals surface area contributed by atoms with E-state index < -0.39 is 42.5 Å². The van der Waals surface area contributed by atoms with Crippen LogP contribution in [0.3, 0.4) is 0 Å². The van der Waals surface area contributed by atoms with Crippen molar-refractivity contribution >= 4 is 17.8 Å². The molecule has 1 aromatic heterocycles. The summed E-state index contributed by atoms with van der Waals surface area (Å²) in [4.78, 5) is 47.3. The predicted octanol–water partition coefficient (Wildman–Crippen LogP) is -1.71. The molecule has 9 heteroatoms. The minimum Gasteiger partial charge on any atom is -0.481 e. The summed E-state index contributed by atoms with van der Waals surface area (Å²) in [6, 6.07) is -0.113. The maximum Gasteiger partial charge on any atom is 0.347 e. The summed E-state index contributed by atoms with van der Waals surface area (Å²) in [6.45, 7) is -0.434. The summed E-state index contributed by atoms with van der Waals surface area (Å²) in [7, 11) is 0. The Bertz CT molecular complexity index is 552. The van der Waals surface area contributed by atoms with Gasteiger partial charge in [-0.25, -0.2) is 14.6 Å². The van der Waals surface area contributed by atoms with Crippen molar-refractivity contribution in [3.05, 3.63) is 28.9 Å². The molecule has 9 nitrogen and oxygen atoms in total. The molecule has 0 aliphatic heterocycles. The highest BCUT2D eigenvalue weighted by molar-refractivity contribution is 5.86. The molecule has 102 valence electrons. The molecule has 0 spiro atoms. The van der Waals surface area contributed by atoms with Gasteiger partial charge in [0.2, 0.25) is 5.91 Å². The van der Waals surface area contributed by atoms with Crippen LogP contribution < -0.4 is 11.0 Å². The summed E-state index contributed by atoms with van der Waals surface area (Å²) < 4.78 is 0.967. The maximum absolute atomic E-state index is 11.5. The number of aliphatic carboxylic acids is 2. The monoisotopic (exact) mass is 269 g/mol. The van der Waals surface area contributed by atoms with Crippen LogP contribution in [0.5, 0.6) is 0 Å². The lowest BCUT2D eigenvalue weighted by Gasteiger charge is -2.12. The van der Waals surface area contributed by atoms with Gasteiger partial charge in [0.05, 0.1) is 6.42 Å². The highest BCUT2D eigenvalue weighted by Crippen LogP contribution is 1.93. The van der Waals surface area contributed by atoms with Gasteiger partial charge in [0, 0.05) is 12.4 Å². The van der Waals surface area contributed by atoms with E-state index in [9.17, 15) is 19.2 Å². The third-order valence-electron chi connectivity index (χ3n) is 2.11. The molecule has 1 rings (SSSR count). The zero-order chi connectivity index (χ0) is 14.4. The van der Waals surface area contributed by atoms with Gasteiger partial charge in [-0.2, -0.15) is 0 Å². The van der Waals surface area contributed by atoms with Crippen LogP contribution in [-0.2, 0) is 20.9 Å². The average Bonchev–Trinajstić information content (AvgIpc) is 2.30. The first kappa shape index (κ1) is 14.4. The van der Waals surface area contributed by atoms with Crippen molar-refractivity contribution < 1.29 is 24.6 Å². The Balaban J connectivity index is 2.68. The molecular weight excluding hydrogens is 258 g/mol. The Kier molecular flexibility index (Phi) is 4.75. The fourth-order valence-electron chi connectivity index (χ4n) is 1.28. The fourth-order valence-corrected chi connectivity index (χ4v) is 1.28. The van der Waals surface area contributed by atoms with E-state index in [4.69, 9.17) is 10.2 Å². The van der Waals surface area contributed by atoms with E-state index in [0.717, 1.165) is 4.57 Å². The van der Waals surface area contributed by atoms with Crippen molar-refractivity contribution in [2.24, 2.45) is 0 Å². The molecule has 0 aliphatic carbocycles. The van der Waals surface area contributed by atoms with Crippen molar-refractivity contribution in [1.82, 2.24) is 14.9 Å². The normalized spacial score (nSPS) is 11.6. The van der Waals surface area contributed by atoms with Gasteiger partial charge in [0.1, 0.15) is 12.6 Å². The maximum atomic E-state index is 11.5. The molecular formula is C10H11N3O6. The molecule has 1 atom stereocenters. The zero-order valence-corrected chi connectivity index (χ0v) is 9.65. The zero-order valence-electron chi connectivity index (χ0n) is 9.65. The summed E-state index contributed by atoms with van der Waals surface area (Å²) in [5.41, 5.74) is -0.664. The molecule has 3 N–H and O–H groups in total. The number of rotatable bonds is 6. The Morgan fingerprint density at radius 2 is 2.05 bits per heavy atom. The Hall–Kier alpha value is -2.71. The van der Waals surface area contributed by atoms with Crippen molar-refractivity contribution in [3.8, 4) is 0 Å². The van der Waals surface area contributed by atoms with E-state index in [0.29, 0.717) is 0 Å². The van der Waals surface area contributed by atoms with E-state index in [1.54, 1.807) is 0 Å². The van der Waals surface area contributed by atoms with Gasteiger partial charge < -0.3 is 15.5 Å². The summed E-state index contributed by atoms with van der Waals surface area (Å²) in [5.74, 6) is -3.61. The quantitative estimate of drug-likeness (QED) is 0.558. The number of amides is 1. The van der Waals surface area contributed by atoms with E-state index >= 15 is 0 Å². The minimum absolute atomic E-state index is 0.434. The number of carbonyl (C=O) groups excluding carboxylic acids is 1. The smallest absolute Gasteiger partial charge is 0.347 e. The first-order valence-corrected chi connectivity index (χ1v) is 5.15. The van der Waals surface area contributed by atoms with E-state index in [1.165, 1.54) is 18.5 Å². The van der Waals surface area contributed by atoms with Crippen molar-refractivity contribution in [3.63, 3.8) is 0 Å². The number of hydrogen-bond donors (Lipinski definition) is 3. The summed E-state index contributed by atoms with van der Waals surface area (Å²) >= 11 is 0. The second kappa shape index (κ2) is 6.28. The van der Waals surface area contributed by atoms with Crippen LogP contribution >= 0.6 is 0 Å². The third kappa shape index (κ3) is 4.58. The van der Waals surface area contributed by atoms with Gasteiger partial charge in [0.25, 0.3) is 0 Å². The number of carboxylic acid groups (broad SMARTS) is 2. The predicted molar refractivity (Wildman–Crippen MR) is 60.3 cm³/mol. The van der Waals surface area contributed by atoms with Gasteiger partial charge in [0.15, 0.2) is 0 Å². The Morgan fingerprint density at radius 1 is 1.37 bits per heavy atom. The molecule has 0 saturated carbocycles. The Labute approximate surface area is 106 Å². The summed E-state index contributed by atoms with van der Waals surface area (Å²) in [6.07, 6.45) is 1.81. The molecule has 0 fully saturated rings. The van der Waals surface area contributed by atoms with Crippen LogP contribution in [0.4, 0.5) is 0 Å². The molecule has 1 heterocycles. The van der Waals surface area contributed by atoms with Crippen LogP contribution in [-0.4, -0.2) is 43.7 Å². The van der Waals surface area contributed by atoms with E-state index in [1.807, 2.05) is 5.32 Å². The van der Waals surface area contributed by atoms with Crippen molar-refractivity contribution in [2.45, 2.75) is 19.0 Å². The number of carbonyl (C=O) groups is 3. The van der Waals surface area contributed by atoms with E-state index in [-0.39, 0.29) is 0 Å². The second-order valence-electron chi connectivity index (χ2n) is 3.59. The largest absolute Gasteiger partial charge is 0.481 e. The lowest BCUT2D eigenvalue weighted by Crippen LogP contribution is -2.44. The Morgan fingerprint density at radius 3 is 2.58 bits per heavy atom. The van der Waals surface area contributed by atoms with Crippen LogP contribution in [0.15, 0.2) is 23.3 Å². The highest BCUT2D eigenvalue weighted by Gasteiger charge is 2.23. The average molecular weight is 269 g/mol. The molecule has 0 bridgehead atoms. The molecule has 0 radical (unpaired) electrons. The van der Waals surface area contributed by atoms with Gasteiger partial charge in [-0.1, -0.05) is 0 Å². The number of nitrogens with one attached hydrogen (secondary N) is 1. The minimum atomic E-state index is -1.54. The number of nitrogens with zero attached hydrogens (tertiary/aromatic N) is 2. The van der Waals surface area contributed by atoms with E-state index in [2.05, 4.69) is 4.98 Å². The fraction of sp³-hybridized carbons (Fsp3) is 0.300. The second-order valence-corrected chi connectivity index (χ2v) is 3.59. The van der Waals surface area contributed by atoms with Crippen molar-refractivity contribution in [2.75, 3.05) is 0 Å². The van der Waals surface area contributed by atoms with Gasteiger partial charge in [-0.15, -0.1) is 0 Å². The lowest BCUT2D eigenvalue weighted by atomic mass is 10.2. The third-order valence-corrected chi connectivity index (χ3v) is 2.11. The van der Waals surface area contributed by atoms with Crippen LogP contribution in [0.25, 0.3) is 0 Å². The van der Waals surface area contributed by atoms with Crippen molar-refractivity contribution in [1.29, 1.82) is 0 Å². The topological polar surface area (TPSA) is 139 Å². The number of carboxylic acids is 2. The highest BCUT2D eigenvalue weighted by atomic mass is 16.4. The first-order valence-electron chi connectivity index (χ1n) is 5.15. The standard InChI is InChI=1S/C10H11N3O6/c14-7(5-13-3-1-2-11-10(13)19)12-6(9(17)18)4-8(15)16/h1-3,6H,4-5H2,(H,12,14)(H,15,16)(H,17,18)/t6-/m0/s1. The SMILES string of the molecule is O=C(O)C[C@H](NC(=O)Cn1cccnc1=O)C(=O)O. The van der Waals surface area contributed by atoms with Gasteiger partial charge in [-0.05, 0) is 6.07 Å². The van der Waals surface area contributed by atoms with Gasteiger partial charge >= 0.3 is 17.6 Å². The van der Waals surface area contributed by atoms with Gasteiger partial charge in [-0.3, -0.25) is 14.2 Å². The number of aromatic nitrogens is 2. The molecule has 0 unspecified atom stereocenters. The first-order chi connectivity index (χ1) is 8.90. The molecule has 19 heavy (non-hydrogen) atoms. The van der Waals surface area contributed by atoms with Crippen LogP contribution in [0.1, 0.15) is 6.42 Å². The molecule has 0 saturated heterocycles. The van der Waals surface area contributed by atoms with Crippen LogP contribution in [0, 0.1) is 0 Å². The lowest BCUT2D eigenvalue weighted by molar-refractivity contribution is -0.147. The molecule has 0 aromatic carbocycles. The van der Waals surface area contributed by atoms with Crippen LogP contribution in [0.2, 0.25) is 0 Å². The summed E-state index contributed by atoms with van der Waals surface area (Å²) in [5, 5.41) is 19.2. The molecule has 1 aromatic rings. The number of hydrogen-bond acceptors (Lipinski definition) is 5. The molecule has 0 aliphatic rings. The molecule has 1 amide bonds.